The van der Waals surface area contributed by atoms with E-state index in [4.69, 9.17) is 14.2 Å². The lowest BCUT2D eigenvalue weighted by Crippen LogP contribution is -2.49. The Morgan fingerprint density at radius 3 is 2.31 bits per heavy atom. The van der Waals surface area contributed by atoms with Gasteiger partial charge in [0, 0.05) is 38.8 Å². The van der Waals surface area contributed by atoms with E-state index in [1.165, 1.54) is 0 Å². The highest BCUT2D eigenvalue weighted by molar-refractivity contribution is 6.07. The number of methoxy groups -OCH3 is 1. The fourth-order valence-corrected chi connectivity index (χ4v) is 5.05. The first-order valence-corrected chi connectivity index (χ1v) is 13.6. The summed E-state index contributed by atoms with van der Waals surface area (Å²) in [6, 6.07) is 13.6. The molecule has 2 aliphatic heterocycles. The molecule has 1 atom stereocenters. The van der Waals surface area contributed by atoms with Crippen LogP contribution in [0, 0.1) is 5.92 Å². The molecule has 1 saturated heterocycles. The summed E-state index contributed by atoms with van der Waals surface area (Å²) < 4.78 is 16.8. The van der Waals surface area contributed by atoms with Crippen LogP contribution in [0.25, 0.3) is 0 Å². The molecule has 0 aromatic heterocycles. The number of rotatable bonds is 6. The maximum atomic E-state index is 13.4. The third-order valence-corrected chi connectivity index (χ3v) is 7.03. The number of hydrogen-bond acceptors (Lipinski definition) is 7. The second-order valence-electron chi connectivity index (χ2n) is 10.9. The lowest BCUT2D eigenvalue weighted by atomic mass is 9.99. The molecule has 4 rings (SSSR count). The van der Waals surface area contributed by atoms with Crippen molar-refractivity contribution < 1.29 is 28.6 Å². The molecule has 2 heterocycles. The standard InChI is InChI=1S/C30H39N3O6/c1-6-33-24-19-26(37-5)25(18-22(24)12-13-23(27(33)34)28(35)39-30(2,3)4)31-14-16-32(17-15-31)29(36)38-20-21-10-8-7-9-11-21/h7-11,18-19,23H,6,12-17,20H2,1-5H3/t23-/m1/s1. The smallest absolute Gasteiger partial charge is 0.410 e. The average Bonchev–Trinajstić information content (AvgIpc) is 3.05. The van der Waals surface area contributed by atoms with E-state index in [2.05, 4.69) is 11.0 Å². The fraction of sp³-hybridized carbons (Fsp3) is 0.500. The minimum Gasteiger partial charge on any atom is -0.495 e. The number of aryl methyl sites for hydroxylation is 1. The predicted octanol–water partition coefficient (Wildman–Crippen LogP) is 4.41. The van der Waals surface area contributed by atoms with Gasteiger partial charge in [-0.15, -0.1) is 0 Å². The van der Waals surface area contributed by atoms with E-state index >= 15 is 0 Å². The minimum atomic E-state index is -0.850. The Labute approximate surface area is 230 Å². The van der Waals surface area contributed by atoms with E-state index < -0.39 is 17.5 Å². The number of ether oxygens (including phenoxy) is 3. The van der Waals surface area contributed by atoms with Crippen molar-refractivity contribution in [2.75, 3.05) is 49.6 Å². The molecule has 9 heteroatoms. The van der Waals surface area contributed by atoms with Gasteiger partial charge in [0.25, 0.3) is 0 Å². The van der Waals surface area contributed by atoms with Crippen LogP contribution in [0.4, 0.5) is 16.2 Å². The number of amides is 2. The summed E-state index contributed by atoms with van der Waals surface area (Å²) in [5, 5.41) is 0. The Balaban J connectivity index is 1.47. The molecule has 0 saturated carbocycles. The number of nitrogens with zero attached hydrogens (tertiary/aromatic N) is 3. The number of benzene rings is 2. The first kappa shape index (κ1) is 28.3. The number of anilines is 2. The van der Waals surface area contributed by atoms with Crippen LogP contribution in [-0.4, -0.2) is 68.3 Å². The van der Waals surface area contributed by atoms with Crippen molar-refractivity contribution in [1.29, 1.82) is 0 Å². The Morgan fingerprint density at radius 2 is 1.69 bits per heavy atom. The number of hydrogen-bond donors (Lipinski definition) is 0. The molecule has 0 unspecified atom stereocenters. The number of carbonyl (C=O) groups is 3. The van der Waals surface area contributed by atoms with Gasteiger partial charge in [-0.2, -0.15) is 0 Å². The summed E-state index contributed by atoms with van der Waals surface area (Å²) >= 11 is 0. The van der Waals surface area contributed by atoms with Gasteiger partial charge in [0.2, 0.25) is 5.91 Å². The maximum Gasteiger partial charge on any atom is 0.410 e. The van der Waals surface area contributed by atoms with Gasteiger partial charge in [0.15, 0.2) is 0 Å². The Bertz CT molecular complexity index is 1190. The van der Waals surface area contributed by atoms with E-state index in [0.717, 1.165) is 22.5 Å². The number of piperazine rings is 1. The molecule has 2 amide bonds. The average molecular weight is 538 g/mol. The third kappa shape index (κ3) is 6.64. The molecule has 2 aromatic rings. The summed E-state index contributed by atoms with van der Waals surface area (Å²) in [6.45, 7) is 10.3. The lowest BCUT2D eigenvalue weighted by Gasteiger charge is -2.36. The van der Waals surface area contributed by atoms with Crippen molar-refractivity contribution in [3.8, 4) is 5.75 Å². The second-order valence-corrected chi connectivity index (χ2v) is 10.9. The van der Waals surface area contributed by atoms with E-state index in [1.807, 2.05) is 43.3 Å². The zero-order valence-corrected chi connectivity index (χ0v) is 23.6. The Morgan fingerprint density at radius 1 is 1.00 bits per heavy atom. The van der Waals surface area contributed by atoms with E-state index in [0.29, 0.717) is 51.3 Å². The van der Waals surface area contributed by atoms with Crippen molar-refractivity contribution >= 4 is 29.3 Å². The molecular weight excluding hydrogens is 498 g/mol. The highest BCUT2D eigenvalue weighted by Crippen LogP contribution is 2.40. The molecule has 0 aliphatic carbocycles. The molecule has 0 spiro atoms. The minimum absolute atomic E-state index is 0.246. The van der Waals surface area contributed by atoms with Crippen LogP contribution in [0.5, 0.6) is 5.75 Å². The predicted molar refractivity (Wildman–Crippen MR) is 149 cm³/mol. The fourth-order valence-electron chi connectivity index (χ4n) is 5.05. The van der Waals surface area contributed by atoms with E-state index in [-0.39, 0.29) is 18.6 Å². The zero-order chi connectivity index (χ0) is 28.2. The van der Waals surface area contributed by atoms with E-state index in [9.17, 15) is 14.4 Å². The van der Waals surface area contributed by atoms with Crippen LogP contribution in [0.1, 0.15) is 45.2 Å². The van der Waals surface area contributed by atoms with Gasteiger partial charge in [0.05, 0.1) is 18.5 Å². The van der Waals surface area contributed by atoms with Crippen molar-refractivity contribution in [2.45, 2.75) is 52.7 Å². The summed E-state index contributed by atoms with van der Waals surface area (Å²) in [4.78, 5) is 44.5. The van der Waals surface area contributed by atoms with Crippen molar-refractivity contribution in [3.05, 3.63) is 53.6 Å². The van der Waals surface area contributed by atoms with Crippen LogP contribution >= 0.6 is 0 Å². The van der Waals surface area contributed by atoms with Gasteiger partial charge in [-0.3, -0.25) is 9.59 Å². The van der Waals surface area contributed by atoms with Gasteiger partial charge >= 0.3 is 12.1 Å². The molecule has 2 aromatic carbocycles. The van der Waals surface area contributed by atoms with Crippen molar-refractivity contribution in [3.63, 3.8) is 0 Å². The first-order chi connectivity index (χ1) is 18.6. The number of esters is 1. The topological polar surface area (TPSA) is 88.6 Å². The van der Waals surface area contributed by atoms with Crippen LogP contribution in [0.2, 0.25) is 0 Å². The lowest BCUT2D eigenvalue weighted by molar-refractivity contribution is -0.162. The summed E-state index contributed by atoms with van der Waals surface area (Å²) in [5.41, 5.74) is 2.94. The molecule has 39 heavy (non-hydrogen) atoms. The summed E-state index contributed by atoms with van der Waals surface area (Å²) in [6.07, 6.45) is 0.617. The third-order valence-electron chi connectivity index (χ3n) is 7.03. The summed E-state index contributed by atoms with van der Waals surface area (Å²) in [7, 11) is 1.61. The molecule has 9 nitrogen and oxygen atoms in total. The molecule has 0 bridgehead atoms. The second kappa shape index (κ2) is 12.0. The Hall–Kier alpha value is -3.75. The number of carbonyl (C=O) groups excluding carboxylic acids is 3. The van der Waals surface area contributed by atoms with Gasteiger partial charge in [-0.1, -0.05) is 30.3 Å². The highest BCUT2D eigenvalue weighted by atomic mass is 16.6. The largest absolute Gasteiger partial charge is 0.495 e. The van der Waals surface area contributed by atoms with Crippen LogP contribution in [-0.2, 0) is 32.1 Å². The normalized spacial score (nSPS) is 17.8. The van der Waals surface area contributed by atoms with Gasteiger partial charge in [0.1, 0.15) is 23.9 Å². The van der Waals surface area contributed by atoms with Crippen molar-refractivity contribution in [2.24, 2.45) is 5.92 Å². The molecule has 1 fully saturated rings. The number of fused-ring (bicyclic) bond motifs is 1. The Kier molecular flexibility index (Phi) is 8.67. The molecule has 2 aliphatic rings. The zero-order valence-electron chi connectivity index (χ0n) is 23.6. The van der Waals surface area contributed by atoms with Crippen LogP contribution in [0.15, 0.2) is 42.5 Å². The monoisotopic (exact) mass is 537 g/mol. The molecule has 0 radical (unpaired) electrons. The quantitative estimate of drug-likeness (QED) is 0.398. The molecule has 210 valence electrons. The van der Waals surface area contributed by atoms with Gasteiger partial charge in [-0.25, -0.2) is 4.79 Å². The first-order valence-electron chi connectivity index (χ1n) is 13.6. The van der Waals surface area contributed by atoms with Crippen molar-refractivity contribution in [1.82, 2.24) is 4.90 Å². The SMILES string of the molecule is CCN1C(=O)[C@H](C(=O)OC(C)(C)C)CCc2cc(N3CCN(C(=O)OCc4ccccc4)CC3)c(OC)cc21. The van der Waals surface area contributed by atoms with Crippen LogP contribution < -0.4 is 14.5 Å². The van der Waals surface area contributed by atoms with Gasteiger partial charge < -0.3 is 28.9 Å². The van der Waals surface area contributed by atoms with Crippen LogP contribution in [0.3, 0.4) is 0 Å². The molecular formula is C30H39N3O6. The maximum absolute atomic E-state index is 13.4. The van der Waals surface area contributed by atoms with Gasteiger partial charge in [-0.05, 0) is 57.7 Å². The highest BCUT2D eigenvalue weighted by Gasteiger charge is 2.38. The molecule has 0 N–H and O–H groups in total. The van der Waals surface area contributed by atoms with E-state index in [1.54, 1.807) is 37.7 Å². The summed E-state index contributed by atoms with van der Waals surface area (Å²) in [5.74, 6) is -0.934.